The van der Waals surface area contributed by atoms with Crippen LogP contribution in [0.15, 0.2) is 42.7 Å². The van der Waals surface area contributed by atoms with Crippen molar-refractivity contribution in [3.63, 3.8) is 0 Å². The van der Waals surface area contributed by atoms with Crippen LogP contribution in [0.2, 0.25) is 0 Å². The molecule has 1 saturated heterocycles. The fraction of sp³-hybridized carbons (Fsp3) is 0.364. The average Bonchev–Trinajstić information content (AvgIpc) is 3.34. The molecule has 0 radical (unpaired) electrons. The van der Waals surface area contributed by atoms with Crippen molar-refractivity contribution in [3.8, 4) is 17.2 Å². The molecule has 0 aliphatic carbocycles. The Kier molecular flexibility index (Phi) is 5.85. The van der Waals surface area contributed by atoms with E-state index in [1.807, 2.05) is 0 Å². The smallest absolute Gasteiger partial charge is 0.254 e. The number of hydrogen-bond donors (Lipinski definition) is 1. The summed E-state index contributed by atoms with van der Waals surface area (Å²) in [5.41, 5.74) is 1.96. The standard InChI is InChI=1S/C22H25FN6O/c1-15-18(21(30)24-11-9-16-6-5-13-28(16)2)14-26-29(15)22-25-12-10-20(27-22)17-7-3-4-8-19(17)23/h3-4,7-8,10,12,14,16H,5-6,9,11,13H2,1-2H3,(H,24,30). The minimum absolute atomic E-state index is 0.162. The molecule has 1 unspecified atom stereocenters. The third-order valence-corrected chi connectivity index (χ3v) is 5.67. The normalized spacial score (nSPS) is 16.7. The molecule has 1 fully saturated rings. The summed E-state index contributed by atoms with van der Waals surface area (Å²) in [6.07, 6.45) is 6.41. The SMILES string of the molecule is Cc1c(C(=O)NCCC2CCCN2C)cnn1-c1nccc(-c2ccccc2F)n1. The highest BCUT2D eigenvalue weighted by Crippen LogP contribution is 2.21. The number of nitrogens with zero attached hydrogens (tertiary/aromatic N) is 5. The molecule has 1 aliphatic rings. The van der Waals surface area contributed by atoms with Gasteiger partial charge in [-0.05, 0) is 58.0 Å². The van der Waals surface area contributed by atoms with Gasteiger partial charge in [0.05, 0.1) is 23.1 Å². The molecular weight excluding hydrogens is 383 g/mol. The Hall–Kier alpha value is -3.13. The number of carbonyl (C=O) groups is 1. The molecule has 0 spiro atoms. The number of rotatable bonds is 6. The molecule has 30 heavy (non-hydrogen) atoms. The highest BCUT2D eigenvalue weighted by Gasteiger charge is 2.21. The van der Waals surface area contributed by atoms with Gasteiger partial charge in [-0.3, -0.25) is 4.79 Å². The van der Waals surface area contributed by atoms with Crippen LogP contribution in [-0.2, 0) is 0 Å². The Balaban J connectivity index is 1.48. The zero-order valence-electron chi connectivity index (χ0n) is 17.2. The second-order valence-electron chi connectivity index (χ2n) is 7.60. The highest BCUT2D eigenvalue weighted by molar-refractivity contribution is 5.95. The first kappa shape index (κ1) is 20.2. The van der Waals surface area contributed by atoms with Crippen molar-refractivity contribution < 1.29 is 9.18 Å². The lowest BCUT2D eigenvalue weighted by molar-refractivity contribution is 0.0949. The van der Waals surface area contributed by atoms with Crippen molar-refractivity contribution in [1.29, 1.82) is 0 Å². The van der Waals surface area contributed by atoms with Crippen molar-refractivity contribution in [2.45, 2.75) is 32.2 Å². The molecule has 1 aromatic carbocycles. The molecule has 1 atom stereocenters. The number of hydrogen-bond acceptors (Lipinski definition) is 5. The van der Waals surface area contributed by atoms with Crippen molar-refractivity contribution in [1.82, 2.24) is 30.0 Å². The molecular formula is C22H25FN6O. The fourth-order valence-corrected chi connectivity index (χ4v) is 3.90. The first-order chi connectivity index (χ1) is 14.5. The predicted molar refractivity (Wildman–Crippen MR) is 112 cm³/mol. The van der Waals surface area contributed by atoms with Gasteiger partial charge < -0.3 is 10.2 Å². The maximum atomic E-state index is 14.1. The van der Waals surface area contributed by atoms with Crippen LogP contribution in [0.3, 0.4) is 0 Å². The third kappa shape index (κ3) is 4.09. The molecule has 1 aliphatic heterocycles. The Labute approximate surface area is 175 Å². The Morgan fingerprint density at radius 3 is 2.90 bits per heavy atom. The first-order valence-corrected chi connectivity index (χ1v) is 10.2. The number of aromatic nitrogens is 4. The quantitative estimate of drug-likeness (QED) is 0.679. The van der Waals surface area contributed by atoms with Crippen molar-refractivity contribution in [2.75, 3.05) is 20.1 Å². The summed E-state index contributed by atoms with van der Waals surface area (Å²) in [5, 5.41) is 7.28. The zero-order valence-corrected chi connectivity index (χ0v) is 17.2. The summed E-state index contributed by atoms with van der Waals surface area (Å²) in [4.78, 5) is 23.7. The van der Waals surface area contributed by atoms with Gasteiger partial charge in [-0.2, -0.15) is 5.10 Å². The van der Waals surface area contributed by atoms with E-state index in [1.165, 1.54) is 29.8 Å². The van der Waals surface area contributed by atoms with Gasteiger partial charge in [0, 0.05) is 24.3 Å². The molecule has 1 amide bonds. The van der Waals surface area contributed by atoms with Crippen molar-refractivity contribution in [3.05, 3.63) is 59.8 Å². The van der Waals surface area contributed by atoms with Crippen LogP contribution in [0.5, 0.6) is 0 Å². The zero-order chi connectivity index (χ0) is 21.1. The van der Waals surface area contributed by atoms with E-state index in [-0.39, 0.29) is 11.7 Å². The van der Waals surface area contributed by atoms with E-state index in [2.05, 4.69) is 32.3 Å². The van der Waals surface area contributed by atoms with Crippen molar-refractivity contribution >= 4 is 5.91 Å². The summed E-state index contributed by atoms with van der Waals surface area (Å²) in [6.45, 7) is 3.54. The van der Waals surface area contributed by atoms with Gasteiger partial charge in [0.1, 0.15) is 5.82 Å². The molecule has 1 N–H and O–H groups in total. The van der Waals surface area contributed by atoms with E-state index in [1.54, 1.807) is 37.4 Å². The van der Waals surface area contributed by atoms with Crippen LogP contribution in [0.1, 0.15) is 35.3 Å². The van der Waals surface area contributed by atoms with Gasteiger partial charge in [0.15, 0.2) is 0 Å². The third-order valence-electron chi connectivity index (χ3n) is 5.67. The van der Waals surface area contributed by atoms with Gasteiger partial charge in [-0.25, -0.2) is 19.0 Å². The van der Waals surface area contributed by atoms with E-state index in [0.29, 0.717) is 41.0 Å². The minimum atomic E-state index is -0.354. The Morgan fingerprint density at radius 1 is 1.30 bits per heavy atom. The number of nitrogens with one attached hydrogen (secondary N) is 1. The summed E-state index contributed by atoms with van der Waals surface area (Å²) >= 11 is 0. The van der Waals surface area contributed by atoms with Crippen LogP contribution < -0.4 is 5.32 Å². The van der Waals surface area contributed by atoms with E-state index in [4.69, 9.17) is 0 Å². The lowest BCUT2D eigenvalue weighted by atomic mass is 10.1. The summed E-state index contributed by atoms with van der Waals surface area (Å²) in [6, 6.07) is 8.62. The molecule has 3 aromatic rings. The molecule has 0 bridgehead atoms. The molecule has 4 rings (SSSR count). The van der Waals surface area contributed by atoms with Crippen LogP contribution in [0.4, 0.5) is 4.39 Å². The van der Waals surface area contributed by atoms with Gasteiger partial charge in [-0.15, -0.1) is 0 Å². The largest absolute Gasteiger partial charge is 0.352 e. The lowest BCUT2D eigenvalue weighted by Crippen LogP contribution is -2.32. The Morgan fingerprint density at radius 2 is 2.13 bits per heavy atom. The van der Waals surface area contributed by atoms with Crippen LogP contribution in [-0.4, -0.2) is 56.7 Å². The number of carbonyl (C=O) groups excluding carboxylic acids is 1. The van der Waals surface area contributed by atoms with Gasteiger partial charge in [0.2, 0.25) is 0 Å². The molecule has 2 aromatic heterocycles. The second-order valence-corrected chi connectivity index (χ2v) is 7.60. The van der Waals surface area contributed by atoms with Gasteiger partial charge in [0.25, 0.3) is 11.9 Å². The molecule has 0 saturated carbocycles. The van der Waals surface area contributed by atoms with E-state index in [9.17, 15) is 9.18 Å². The fourth-order valence-electron chi connectivity index (χ4n) is 3.90. The van der Waals surface area contributed by atoms with E-state index >= 15 is 0 Å². The maximum absolute atomic E-state index is 14.1. The van der Waals surface area contributed by atoms with Crippen LogP contribution >= 0.6 is 0 Å². The van der Waals surface area contributed by atoms with Crippen LogP contribution in [0, 0.1) is 12.7 Å². The number of benzene rings is 1. The lowest BCUT2D eigenvalue weighted by Gasteiger charge is -2.19. The van der Waals surface area contributed by atoms with Gasteiger partial charge in [-0.1, -0.05) is 12.1 Å². The molecule has 7 nitrogen and oxygen atoms in total. The monoisotopic (exact) mass is 408 g/mol. The maximum Gasteiger partial charge on any atom is 0.254 e. The van der Waals surface area contributed by atoms with E-state index in [0.717, 1.165) is 13.0 Å². The predicted octanol–water partition coefficient (Wildman–Crippen LogP) is 2.99. The van der Waals surface area contributed by atoms with Crippen molar-refractivity contribution in [2.24, 2.45) is 0 Å². The average molecular weight is 408 g/mol. The molecule has 8 heteroatoms. The van der Waals surface area contributed by atoms with E-state index < -0.39 is 0 Å². The topological polar surface area (TPSA) is 75.9 Å². The highest BCUT2D eigenvalue weighted by atomic mass is 19.1. The summed E-state index contributed by atoms with van der Waals surface area (Å²) < 4.78 is 15.6. The number of likely N-dealkylation sites (tertiary alicyclic amines) is 1. The first-order valence-electron chi connectivity index (χ1n) is 10.2. The van der Waals surface area contributed by atoms with Crippen LogP contribution in [0.25, 0.3) is 17.2 Å². The molecule has 156 valence electrons. The minimum Gasteiger partial charge on any atom is -0.352 e. The number of halogens is 1. The second kappa shape index (κ2) is 8.71. The number of amides is 1. The summed E-state index contributed by atoms with van der Waals surface area (Å²) in [5.74, 6) is -0.225. The summed E-state index contributed by atoms with van der Waals surface area (Å²) in [7, 11) is 2.13. The van der Waals surface area contributed by atoms with Gasteiger partial charge >= 0.3 is 0 Å². The Bertz CT molecular complexity index is 1050. The molecule has 3 heterocycles.